The largest absolute Gasteiger partial charge is 0.396 e. The SMILES string of the molecule is O=C(NCc1ccc(N2CCC(CO)CC2)cc1)c1cnsn1. The van der Waals surface area contributed by atoms with Gasteiger partial charge in [-0.25, -0.2) is 0 Å². The third-order valence-electron chi connectivity index (χ3n) is 4.22. The van der Waals surface area contributed by atoms with Crippen LogP contribution < -0.4 is 10.2 Å². The number of aliphatic hydroxyl groups excluding tert-OH is 1. The Kier molecular flexibility index (Phi) is 5.19. The third-order valence-corrected chi connectivity index (χ3v) is 4.70. The third kappa shape index (κ3) is 4.05. The lowest BCUT2D eigenvalue weighted by Gasteiger charge is -2.33. The van der Waals surface area contributed by atoms with E-state index in [0.29, 0.717) is 24.8 Å². The smallest absolute Gasteiger partial charge is 0.272 e. The van der Waals surface area contributed by atoms with Crippen LogP contribution in [0, 0.1) is 5.92 Å². The summed E-state index contributed by atoms with van der Waals surface area (Å²) in [5.41, 5.74) is 2.61. The zero-order valence-electron chi connectivity index (χ0n) is 12.8. The summed E-state index contributed by atoms with van der Waals surface area (Å²) in [6.07, 6.45) is 3.55. The van der Waals surface area contributed by atoms with Crippen LogP contribution in [0.25, 0.3) is 0 Å². The Labute approximate surface area is 139 Å². The summed E-state index contributed by atoms with van der Waals surface area (Å²) in [7, 11) is 0. The molecule has 0 saturated carbocycles. The molecule has 2 aromatic rings. The van der Waals surface area contributed by atoms with Gasteiger partial charge in [0, 0.05) is 31.9 Å². The number of piperidine rings is 1. The van der Waals surface area contributed by atoms with E-state index in [4.69, 9.17) is 0 Å². The first kappa shape index (κ1) is 15.9. The number of benzene rings is 1. The number of anilines is 1. The molecule has 1 saturated heterocycles. The number of carbonyl (C=O) groups is 1. The minimum absolute atomic E-state index is 0.200. The van der Waals surface area contributed by atoms with Gasteiger partial charge in [-0.3, -0.25) is 4.79 Å². The monoisotopic (exact) mass is 332 g/mol. The molecule has 0 radical (unpaired) electrons. The summed E-state index contributed by atoms with van der Waals surface area (Å²) in [5, 5.41) is 12.0. The minimum atomic E-state index is -0.200. The predicted molar refractivity (Wildman–Crippen MR) is 89.5 cm³/mol. The first-order valence-electron chi connectivity index (χ1n) is 7.77. The second kappa shape index (κ2) is 7.52. The summed E-state index contributed by atoms with van der Waals surface area (Å²) < 4.78 is 7.73. The molecule has 0 bridgehead atoms. The molecule has 6 nitrogen and oxygen atoms in total. The second-order valence-electron chi connectivity index (χ2n) is 5.75. The van der Waals surface area contributed by atoms with Crippen molar-refractivity contribution in [3.8, 4) is 0 Å². The van der Waals surface area contributed by atoms with Gasteiger partial charge in [-0.2, -0.15) is 8.75 Å². The van der Waals surface area contributed by atoms with Gasteiger partial charge in [-0.1, -0.05) is 12.1 Å². The molecule has 0 aliphatic carbocycles. The molecule has 2 N–H and O–H groups in total. The van der Waals surface area contributed by atoms with Crippen LogP contribution >= 0.6 is 11.7 Å². The highest BCUT2D eigenvalue weighted by Gasteiger charge is 2.18. The minimum Gasteiger partial charge on any atom is -0.396 e. The van der Waals surface area contributed by atoms with Crippen LogP contribution in [-0.2, 0) is 6.54 Å². The van der Waals surface area contributed by atoms with Gasteiger partial charge in [0.1, 0.15) is 0 Å². The highest BCUT2D eigenvalue weighted by molar-refractivity contribution is 6.99. The molecule has 1 aromatic carbocycles. The standard InChI is InChI=1S/C16H20N4O2S/c21-11-13-5-7-20(8-6-13)14-3-1-12(2-4-14)9-17-16(22)15-10-18-23-19-15/h1-4,10,13,21H,5-9,11H2,(H,17,22). The number of nitrogens with one attached hydrogen (secondary N) is 1. The topological polar surface area (TPSA) is 78.4 Å². The molecule has 1 aromatic heterocycles. The Balaban J connectivity index is 1.52. The lowest BCUT2D eigenvalue weighted by Crippen LogP contribution is -2.34. The van der Waals surface area contributed by atoms with E-state index in [0.717, 1.165) is 43.2 Å². The first-order chi connectivity index (χ1) is 11.3. The van der Waals surface area contributed by atoms with Gasteiger partial charge in [-0.05, 0) is 36.5 Å². The Bertz CT molecular complexity index is 622. The van der Waals surface area contributed by atoms with Crippen molar-refractivity contribution < 1.29 is 9.90 Å². The maximum Gasteiger partial charge on any atom is 0.272 e. The van der Waals surface area contributed by atoms with Crippen molar-refractivity contribution in [2.45, 2.75) is 19.4 Å². The van der Waals surface area contributed by atoms with Gasteiger partial charge in [0.2, 0.25) is 0 Å². The molecule has 0 atom stereocenters. The van der Waals surface area contributed by atoms with Crippen molar-refractivity contribution in [1.29, 1.82) is 0 Å². The van der Waals surface area contributed by atoms with Gasteiger partial charge in [-0.15, -0.1) is 0 Å². The van der Waals surface area contributed by atoms with Gasteiger partial charge in [0.15, 0.2) is 5.69 Å². The van der Waals surface area contributed by atoms with Crippen LogP contribution in [0.5, 0.6) is 0 Å². The lowest BCUT2D eigenvalue weighted by atomic mass is 9.97. The van der Waals surface area contributed by atoms with Crippen LogP contribution in [0.3, 0.4) is 0 Å². The number of carbonyl (C=O) groups excluding carboxylic acids is 1. The Morgan fingerprint density at radius 3 is 2.65 bits per heavy atom. The maximum absolute atomic E-state index is 11.8. The summed E-state index contributed by atoms with van der Waals surface area (Å²) in [4.78, 5) is 14.2. The van der Waals surface area contributed by atoms with Crippen molar-refractivity contribution in [3.63, 3.8) is 0 Å². The normalized spacial score (nSPS) is 15.6. The highest BCUT2D eigenvalue weighted by Crippen LogP contribution is 2.23. The van der Waals surface area contributed by atoms with Gasteiger partial charge in [0.25, 0.3) is 5.91 Å². The summed E-state index contributed by atoms with van der Waals surface area (Å²) in [6, 6.07) is 8.25. The summed E-state index contributed by atoms with van der Waals surface area (Å²) in [6.45, 7) is 2.74. The lowest BCUT2D eigenvalue weighted by molar-refractivity contribution is 0.0947. The fourth-order valence-electron chi connectivity index (χ4n) is 2.74. The molecule has 1 aliphatic heterocycles. The number of amides is 1. The highest BCUT2D eigenvalue weighted by atomic mass is 32.1. The number of hydrogen-bond acceptors (Lipinski definition) is 6. The molecule has 23 heavy (non-hydrogen) atoms. The van der Waals surface area contributed by atoms with Crippen molar-refractivity contribution in [2.75, 3.05) is 24.6 Å². The first-order valence-corrected chi connectivity index (χ1v) is 8.50. The van der Waals surface area contributed by atoms with Gasteiger partial charge >= 0.3 is 0 Å². The van der Waals surface area contributed by atoms with E-state index >= 15 is 0 Å². The van der Waals surface area contributed by atoms with Crippen molar-refractivity contribution in [2.24, 2.45) is 5.92 Å². The average molecular weight is 332 g/mol. The zero-order valence-corrected chi connectivity index (χ0v) is 13.6. The van der Waals surface area contributed by atoms with Crippen LogP contribution in [0.2, 0.25) is 0 Å². The fourth-order valence-corrected chi connectivity index (χ4v) is 3.15. The molecule has 3 rings (SSSR count). The quantitative estimate of drug-likeness (QED) is 0.871. The van der Waals surface area contributed by atoms with Crippen LogP contribution in [0.15, 0.2) is 30.5 Å². The van der Waals surface area contributed by atoms with E-state index in [2.05, 4.69) is 31.1 Å². The predicted octanol–water partition coefficient (Wildman–Crippen LogP) is 1.68. The molecule has 1 fully saturated rings. The molecule has 2 heterocycles. The number of aromatic nitrogens is 2. The fraction of sp³-hybridized carbons (Fsp3) is 0.438. The van der Waals surface area contributed by atoms with Crippen LogP contribution in [0.1, 0.15) is 28.9 Å². The second-order valence-corrected chi connectivity index (χ2v) is 6.31. The van der Waals surface area contributed by atoms with Gasteiger partial charge < -0.3 is 15.3 Å². The van der Waals surface area contributed by atoms with Crippen molar-refractivity contribution in [1.82, 2.24) is 14.1 Å². The van der Waals surface area contributed by atoms with E-state index in [1.54, 1.807) is 0 Å². The number of nitrogens with zero attached hydrogens (tertiary/aromatic N) is 3. The molecular weight excluding hydrogens is 312 g/mol. The Hall–Kier alpha value is -1.99. The number of aliphatic hydroxyl groups is 1. The molecule has 1 aliphatic rings. The molecule has 7 heteroatoms. The Morgan fingerprint density at radius 2 is 2.04 bits per heavy atom. The van der Waals surface area contributed by atoms with Gasteiger partial charge in [0.05, 0.1) is 17.9 Å². The molecule has 1 amide bonds. The van der Waals surface area contributed by atoms with Crippen molar-refractivity contribution in [3.05, 3.63) is 41.7 Å². The van der Waals surface area contributed by atoms with E-state index in [9.17, 15) is 9.90 Å². The summed E-state index contributed by atoms with van der Waals surface area (Å²) in [5.74, 6) is 0.245. The number of hydrogen-bond donors (Lipinski definition) is 2. The van der Waals surface area contributed by atoms with E-state index in [1.165, 1.54) is 11.9 Å². The Morgan fingerprint density at radius 1 is 1.30 bits per heavy atom. The maximum atomic E-state index is 11.8. The van der Waals surface area contributed by atoms with Crippen LogP contribution in [0.4, 0.5) is 5.69 Å². The van der Waals surface area contributed by atoms with Crippen LogP contribution in [-0.4, -0.2) is 39.5 Å². The van der Waals surface area contributed by atoms with E-state index in [-0.39, 0.29) is 5.91 Å². The van der Waals surface area contributed by atoms with Crippen molar-refractivity contribution >= 4 is 23.3 Å². The zero-order chi connectivity index (χ0) is 16.1. The molecule has 122 valence electrons. The summed E-state index contributed by atoms with van der Waals surface area (Å²) >= 11 is 1.03. The van der Waals surface area contributed by atoms with E-state index in [1.807, 2.05) is 12.1 Å². The molecule has 0 unspecified atom stereocenters. The number of rotatable bonds is 5. The van der Waals surface area contributed by atoms with E-state index < -0.39 is 0 Å². The average Bonchev–Trinajstić information content (AvgIpc) is 3.15. The molecular formula is C16H20N4O2S. The molecule has 0 spiro atoms.